The molecule has 3 nitrogen and oxygen atoms in total. The molecule has 0 saturated heterocycles. The Labute approximate surface area is 132 Å². The number of aliphatic hydroxyl groups is 1. The first kappa shape index (κ1) is 16.0. The molecule has 0 heterocycles. The van der Waals surface area contributed by atoms with E-state index >= 15 is 0 Å². The summed E-state index contributed by atoms with van der Waals surface area (Å²) in [6.45, 7) is 0.0187. The average molecular weight is 325 g/mol. The van der Waals surface area contributed by atoms with Crippen LogP contribution >= 0.6 is 11.6 Å². The lowest BCUT2D eigenvalue weighted by molar-refractivity contribution is 0.282. The van der Waals surface area contributed by atoms with Crippen LogP contribution in [0.25, 0.3) is 0 Å². The van der Waals surface area contributed by atoms with Gasteiger partial charge in [0.15, 0.2) is 0 Å². The van der Waals surface area contributed by atoms with Crippen molar-refractivity contribution in [1.29, 1.82) is 0 Å². The van der Waals surface area contributed by atoms with Crippen LogP contribution in [0, 0.1) is 0 Å². The van der Waals surface area contributed by atoms with E-state index in [2.05, 4.69) is 0 Å². The van der Waals surface area contributed by atoms with Gasteiger partial charge in [0.1, 0.15) is 5.75 Å². The summed E-state index contributed by atoms with van der Waals surface area (Å²) in [5, 5.41) is 9.56. The highest BCUT2D eigenvalue weighted by Gasteiger charge is 2.08. The summed E-state index contributed by atoms with van der Waals surface area (Å²) in [7, 11) is 0.546. The van der Waals surface area contributed by atoms with Gasteiger partial charge in [-0.2, -0.15) is 0 Å². The number of hydrogen-bond acceptors (Lipinski definition) is 3. The van der Waals surface area contributed by atoms with E-state index in [1.807, 2.05) is 36.4 Å². The number of benzene rings is 2. The molecule has 21 heavy (non-hydrogen) atoms. The minimum absolute atomic E-state index is 0.0187. The summed E-state index contributed by atoms with van der Waals surface area (Å²) in [6, 6.07) is 12.8. The molecule has 0 aliphatic rings. The highest BCUT2D eigenvalue weighted by Crippen LogP contribution is 2.24. The topological polar surface area (TPSA) is 46.5 Å². The maximum absolute atomic E-state index is 12.2. The fraction of sp³-hybridized carbons (Fsp3) is 0.250. The van der Waals surface area contributed by atoms with Crippen LogP contribution in [-0.4, -0.2) is 16.4 Å². The number of rotatable bonds is 6. The summed E-state index contributed by atoms with van der Waals surface area (Å²) in [5.74, 6) is 1.56. The van der Waals surface area contributed by atoms with Gasteiger partial charge in [-0.25, -0.2) is 0 Å². The van der Waals surface area contributed by atoms with Gasteiger partial charge in [0, 0.05) is 21.6 Å². The number of methoxy groups -OCH3 is 1. The van der Waals surface area contributed by atoms with E-state index in [0.717, 1.165) is 16.7 Å². The molecular weight excluding hydrogens is 308 g/mol. The second-order valence-corrected chi connectivity index (χ2v) is 6.52. The molecule has 0 aromatic heterocycles. The van der Waals surface area contributed by atoms with Crippen LogP contribution in [0.3, 0.4) is 0 Å². The third-order valence-electron chi connectivity index (χ3n) is 3.11. The van der Waals surface area contributed by atoms with Crippen molar-refractivity contribution in [2.45, 2.75) is 18.1 Å². The summed E-state index contributed by atoms with van der Waals surface area (Å²) in [6.07, 6.45) is 0. The smallest absolute Gasteiger partial charge is 0.120 e. The first-order valence-corrected chi connectivity index (χ1v) is 8.35. The third-order valence-corrected chi connectivity index (χ3v) is 4.75. The maximum atomic E-state index is 12.2. The van der Waals surface area contributed by atoms with Gasteiger partial charge in [-0.3, -0.25) is 4.21 Å². The predicted octanol–water partition coefficient (Wildman–Crippen LogP) is 3.29. The molecule has 0 fully saturated rings. The second kappa shape index (κ2) is 7.59. The van der Waals surface area contributed by atoms with E-state index in [9.17, 15) is 4.21 Å². The summed E-state index contributed by atoms with van der Waals surface area (Å²) in [5.41, 5.74) is 2.68. The Kier molecular flexibility index (Phi) is 5.79. The molecular formula is C16H17ClO3S. The summed E-state index contributed by atoms with van der Waals surface area (Å²) in [4.78, 5) is 0. The van der Waals surface area contributed by atoms with Gasteiger partial charge in [0.25, 0.3) is 0 Å². The van der Waals surface area contributed by atoms with Gasteiger partial charge in [-0.1, -0.05) is 41.9 Å². The molecule has 1 unspecified atom stereocenters. The lowest BCUT2D eigenvalue weighted by Gasteiger charge is -2.07. The molecule has 0 amide bonds. The summed E-state index contributed by atoms with van der Waals surface area (Å²) >= 11 is 6.15. The SMILES string of the molecule is COc1ccc(CS(=O)Cc2ccc(CO)cc2)c(Cl)c1. The molecule has 0 bridgehead atoms. The number of aliphatic hydroxyl groups excluding tert-OH is 1. The molecule has 112 valence electrons. The first-order chi connectivity index (χ1) is 10.1. The van der Waals surface area contributed by atoms with E-state index < -0.39 is 10.8 Å². The Bertz CT molecular complexity index is 626. The summed E-state index contributed by atoms with van der Waals surface area (Å²) < 4.78 is 17.3. The first-order valence-electron chi connectivity index (χ1n) is 6.48. The number of hydrogen-bond donors (Lipinski definition) is 1. The largest absolute Gasteiger partial charge is 0.497 e. The molecule has 0 aliphatic heterocycles. The van der Waals surface area contributed by atoms with Crippen molar-refractivity contribution in [1.82, 2.24) is 0 Å². The van der Waals surface area contributed by atoms with Crippen LogP contribution in [0.5, 0.6) is 5.75 Å². The van der Waals surface area contributed by atoms with Crippen molar-refractivity contribution in [3.8, 4) is 5.75 Å². The number of ether oxygens (including phenoxy) is 1. The highest BCUT2D eigenvalue weighted by atomic mass is 35.5. The predicted molar refractivity (Wildman–Crippen MR) is 85.9 cm³/mol. The zero-order valence-corrected chi connectivity index (χ0v) is 13.3. The van der Waals surface area contributed by atoms with Crippen molar-refractivity contribution in [3.63, 3.8) is 0 Å². The molecule has 1 atom stereocenters. The Morgan fingerprint density at radius 1 is 1.10 bits per heavy atom. The normalized spacial score (nSPS) is 12.1. The Balaban J connectivity index is 2.00. The Hall–Kier alpha value is -1.36. The molecule has 0 saturated carbocycles. The van der Waals surface area contributed by atoms with Gasteiger partial charge >= 0.3 is 0 Å². The highest BCUT2D eigenvalue weighted by molar-refractivity contribution is 7.83. The zero-order chi connectivity index (χ0) is 15.2. The third kappa shape index (κ3) is 4.56. The molecule has 0 spiro atoms. The zero-order valence-electron chi connectivity index (χ0n) is 11.7. The molecule has 0 radical (unpaired) electrons. The van der Waals surface area contributed by atoms with Gasteiger partial charge in [-0.15, -0.1) is 0 Å². The molecule has 1 N–H and O–H groups in total. The lowest BCUT2D eigenvalue weighted by atomic mass is 10.2. The van der Waals surface area contributed by atoms with E-state index in [0.29, 0.717) is 22.3 Å². The van der Waals surface area contributed by atoms with E-state index in [1.165, 1.54) is 0 Å². The van der Waals surface area contributed by atoms with Crippen LogP contribution in [0.1, 0.15) is 16.7 Å². The van der Waals surface area contributed by atoms with Crippen LogP contribution in [0.2, 0.25) is 5.02 Å². The van der Waals surface area contributed by atoms with Crippen molar-refractivity contribution in [2.75, 3.05) is 7.11 Å². The molecule has 2 aromatic rings. The number of halogens is 1. The van der Waals surface area contributed by atoms with Gasteiger partial charge < -0.3 is 9.84 Å². The second-order valence-electron chi connectivity index (χ2n) is 4.66. The Morgan fingerprint density at radius 2 is 1.76 bits per heavy atom. The Morgan fingerprint density at radius 3 is 2.33 bits per heavy atom. The van der Waals surface area contributed by atoms with Crippen LogP contribution in [0.15, 0.2) is 42.5 Å². The van der Waals surface area contributed by atoms with Crippen molar-refractivity contribution in [3.05, 3.63) is 64.2 Å². The quantitative estimate of drug-likeness (QED) is 0.887. The fourth-order valence-electron chi connectivity index (χ4n) is 1.92. The monoisotopic (exact) mass is 324 g/mol. The molecule has 0 aliphatic carbocycles. The molecule has 2 rings (SSSR count). The van der Waals surface area contributed by atoms with Crippen molar-refractivity contribution >= 4 is 22.4 Å². The van der Waals surface area contributed by atoms with Crippen LogP contribution in [0.4, 0.5) is 0 Å². The van der Waals surface area contributed by atoms with Gasteiger partial charge in [0.05, 0.1) is 19.5 Å². The van der Waals surface area contributed by atoms with E-state index in [-0.39, 0.29) is 6.61 Å². The maximum Gasteiger partial charge on any atom is 0.120 e. The van der Waals surface area contributed by atoms with E-state index in [1.54, 1.807) is 13.2 Å². The van der Waals surface area contributed by atoms with Gasteiger partial charge in [0.2, 0.25) is 0 Å². The fourth-order valence-corrected chi connectivity index (χ4v) is 3.50. The minimum atomic E-state index is -1.04. The van der Waals surface area contributed by atoms with Crippen LogP contribution < -0.4 is 4.74 Å². The van der Waals surface area contributed by atoms with Gasteiger partial charge in [-0.05, 0) is 28.8 Å². The molecule has 2 aromatic carbocycles. The van der Waals surface area contributed by atoms with E-state index in [4.69, 9.17) is 21.4 Å². The van der Waals surface area contributed by atoms with Crippen molar-refractivity contribution in [2.24, 2.45) is 0 Å². The minimum Gasteiger partial charge on any atom is -0.497 e. The average Bonchev–Trinajstić information content (AvgIpc) is 2.50. The van der Waals surface area contributed by atoms with Crippen molar-refractivity contribution < 1.29 is 14.1 Å². The molecule has 5 heteroatoms. The lowest BCUT2D eigenvalue weighted by Crippen LogP contribution is -2.00. The van der Waals surface area contributed by atoms with Crippen LogP contribution in [-0.2, 0) is 28.9 Å². The standard InChI is InChI=1S/C16H17ClO3S/c1-20-15-7-6-14(16(17)8-15)11-21(19)10-13-4-2-12(9-18)3-5-13/h2-8,18H,9-11H2,1H3.